The van der Waals surface area contributed by atoms with Crippen LogP contribution < -0.4 is 15.4 Å². The van der Waals surface area contributed by atoms with E-state index in [1.807, 2.05) is 24.3 Å². The van der Waals surface area contributed by atoms with Crippen molar-refractivity contribution in [3.05, 3.63) is 42.1 Å². The summed E-state index contributed by atoms with van der Waals surface area (Å²) in [6, 6.07) is 9.10. The van der Waals surface area contributed by atoms with Crippen LogP contribution in [-0.4, -0.2) is 22.9 Å². The summed E-state index contributed by atoms with van der Waals surface area (Å²) in [5, 5.41) is 9.85. The molecule has 0 unspecified atom stereocenters. The van der Waals surface area contributed by atoms with Crippen LogP contribution in [0.15, 0.2) is 36.5 Å². The van der Waals surface area contributed by atoms with Gasteiger partial charge in [0.2, 0.25) is 0 Å². The van der Waals surface area contributed by atoms with Crippen LogP contribution in [0.5, 0.6) is 5.75 Å². The van der Waals surface area contributed by atoms with Crippen LogP contribution in [-0.2, 0) is 7.05 Å². The van der Waals surface area contributed by atoms with Gasteiger partial charge in [-0.3, -0.25) is 10.00 Å². The molecule has 6 nitrogen and oxygen atoms in total. The van der Waals surface area contributed by atoms with Gasteiger partial charge in [0.25, 0.3) is 0 Å². The van der Waals surface area contributed by atoms with Gasteiger partial charge in [0.1, 0.15) is 5.75 Å². The third kappa shape index (κ3) is 4.00. The quantitative estimate of drug-likeness (QED) is 0.892. The molecule has 1 aromatic carbocycles. The molecule has 2 N–H and O–H groups in total. The third-order valence-corrected chi connectivity index (χ3v) is 3.38. The van der Waals surface area contributed by atoms with E-state index >= 15 is 0 Å². The Balaban J connectivity index is 2.05. The number of nitrogens with one attached hydrogen (secondary N) is 2. The van der Waals surface area contributed by atoms with E-state index in [4.69, 9.17) is 4.74 Å². The molecule has 0 aliphatic rings. The van der Waals surface area contributed by atoms with E-state index in [1.54, 1.807) is 31.1 Å². The summed E-state index contributed by atoms with van der Waals surface area (Å²) in [6.45, 7) is 4.13. The van der Waals surface area contributed by atoms with Crippen LogP contribution in [0.2, 0.25) is 0 Å². The van der Waals surface area contributed by atoms with Gasteiger partial charge >= 0.3 is 6.03 Å². The molecule has 0 spiro atoms. The average molecular weight is 302 g/mol. The predicted molar refractivity (Wildman–Crippen MR) is 85.9 cm³/mol. The van der Waals surface area contributed by atoms with Crippen LogP contribution in [0.3, 0.4) is 0 Å². The summed E-state index contributed by atoms with van der Waals surface area (Å²) in [6.07, 6.45) is 1.78. The van der Waals surface area contributed by atoms with Crippen molar-refractivity contribution in [1.29, 1.82) is 0 Å². The Labute approximate surface area is 130 Å². The zero-order valence-electron chi connectivity index (χ0n) is 13.3. The van der Waals surface area contributed by atoms with Crippen LogP contribution in [0.25, 0.3) is 0 Å². The number of methoxy groups -OCH3 is 1. The predicted octanol–water partition coefficient (Wildman–Crippen LogP) is 2.95. The van der Waals surface area contributed by atoms with E-state index in [-0.39, 0.29) is 18.0 Å². The molecular formula is C16H22N4O2. The zero-order chi connectivity index (χ0) is 16.1. The van der Waals surface area contributed by atoms with Gasteiger partial charge in [0.05, 0.1) is 13.2 Å². The highest BCUT2D eigenvalue weighted by Crippen LogP contribution is 2.24. The normalized spacial score (nSPS) is 12.0. The first-order valence-corrected chi connectivity index (χ1v) is 7.20. The lowest BCUT2D eigenvalue weighted by molar-refractivity contribution is 0.244. The number of anilines is 1. The highest BCUT2D eigenvalue weighted by atomic mass is 16.5. The molecule has 118 valence electrons. The van der Waals surface area contributed by atoms with E-state index in [0.717, 1.165) is 11.3 Å². The van der Waals surface area contributed by atoms with Gasteiger partial charge in [-0.05, 0) is 23.6 Å². The van der Waals surface area contributed by atoms with Gasteiger partial charge in [0.15, 0.2) is 5.82 Å². The molecule has 0 bridgehead atoms. The Morgan fingerprint density at radius 3 is 2.41 bits per heavy atom. The second-order valence-corrected chi connectivity index (χ2v) is 5.47. The number of ether oxygens (including phenoxy) is 1. The topological polar surface area (TPSA) is 68.2 Å². The molecule has 1 heterocycles. The minimum absolute atomic E-state index is 0.0883. The Bertz CT molecular complexity index is 619. The molecule has 0 saturated heterocycles. The number of carbonyl (C=O) groups excluding carboxylic acids is 1. The first-order chi connectivity index (χ1) is 10.5. The monoisotopic (exact) mass is 302 g/mol. The Hall–Kier alpha value is -2.50. The van der Waals surface area contributed by atoms with Gasteiger partial charge in [0, 0.05) is 19.3 Å². The maximum atomic E-state index is 12.1. The minimum Gasteiger partial charge on any atom is -0.497 e. The van der Waals surface area contributed by atoms with Gasteiger partial charge in [-0.1, -0.05) is 26.0 Å². The van der Waals surface area contributed by atoms with Crippen molar-refractivity contribution in [1.82, 2.24) is 15.1 Å². The Kier molecular flexibility index (Phi) is 5.04. The first kappa shape index (κ1) is 15.9. The van der Waals surface area contributed by atoms with Crippen molar-refractivity contribution in [2.45, 2.75) is 19.9 Å². The molecule has 22 heavy (non-hydrogen) atoms. The van der Waals surface area contributed by atoms with Crippen LogP contribution in [0.1, 0.15) is 25.5 Å². The van der Waals surface area contributed by atoms with E-state index < -0.39 is 0 Å². The lowest BCUT2D eigenvalue weighted by atomic mass is 9.96. The van der Waals surface area contributed by atoms with Gasteiger partial charge in [-0.2, -0.15) is 5.10 Å². The van der Waals surface area contributed by atoms with Crippen LogP contribution >= 0.6 is 0 Å². The van der Waals surface area contributed by atoms with Crippen LogP contribution in [0, 0.1) is 5.92 Å². The molecule has 2 rings (SSSR count). The van der Waals surface area contributed by atoms with E-state index in [1.165, 1.54) is 0 Å². The molecule has 2 amide bonds. The number of carbonyl (C=O) groups is 1. The number of aromatic nitrogens is 2. The van der Waals surface area contributed by atoms with Crippen molar-refractivity contribution in [2.24, 2.45) is 13.0 Å². The largest absolute Gasteiger partial charge is 0.497 e. The molecule has 0 radical (unpaired) electrons. The molecule has 6 heteroatoms. The molecule has 2 aromatic rings. The summed E-state index contributed by atoms with van der Waals surface area (Å²) in [5.41, 5.74) is 1.03. The van der Waals surface area contributed by atoms with E-state index in [2.05, 4.69) is 29.6 Å². The van der Waals surface area contributed by atoms with Crippen molar-refractivity contribution in [3.8, 4) is 5.75 Å². The van der Waals surface area contributed by atoms with E-state index in [0.29, 0.717) is 5.82 Å². The van der Waals surface area contributed by atoms with Crippen LogP contribution in [0.4, 0.5) is 10.6 Å². The number of nitrogens with zero attached hydrogens (tertiary/aromatic N) is 2. The number of benzene rings is 1. The maximum absolute atomic E-state index is 12.1. The third-order valence-electron chi connectivity index (χ3n) is 3.38. The second kappa shape index (κ2) is 6.98. The molecule has 0 saturated carbocycles. The van der Waals surface area contributed by atoms with Crippen molar-refractivity contribution >= 4 is 11.8 Å². The van der Waals surface area contributed by atoms with Crippen molar-refractivity contribution in [2.75, 3.05) is 12.4 Å². The summed E-state index contributed by atoms with van der Waals surface area (Å²) in [5.74, 6) is 1.57. The highest BCUT2D eigenvalue weighted by Gasteiger charge is 2.18. The standard InChI is InChI=1S/C16H22N4O2/c1-11(2)15(12-5-7-13(22-4)8-6-12)18-16(21)17-14-9-10-20(3)19-14/h5-11,15H,1-4H3,(H2,17,18,19,21)/t15-/m0/s1. The second-order valence-electron chi connectivity index (χ2n) is 5.47. The minimum atomic E-state index is -0.270. The van der Waals surface area contributed by atoms with Gasteiger partial charge in [-0.15, -0.1) is 0 Å². The van der Waals surface area contributed by atoms with Gasteiger partial charge < -0.3 is 10.1 Å². The number of hydrogen-bond donors (Lipinski definition) is 2. The highest BCUT2D eigenvalue weighted by molar-refractivity contribution is 5.88. The molecule has 0 aliphatic heterocycles. The summed E-state index contributed by atoms with van der Waals surface area (Å²) in [4.78, 5) is 12.1. The zero-order valence-corrected chi connectivity index (χ0v) is 13.3. The fourth-order valence-corrected chi connectivity index (χ4v) is 2.22. The molecule has 1 aromatic heterocycles. The lowest BCUT2D eigenvalue weighted by Crippen LogP contribution is -2.35. The average Bonchev–Trinajstić information content (AvgIpc) is 2.89. The summed E-state index contributed by atoms with van der Waals surface area (Å²) in [7, 11) is 3.44. The van der Waals surface area contributed by atoms with Crippen molar-refractivity contribution in [3.63, 3.8) is 0 Å². The number of rotatable bonds is 5. The lowest BCUT2D eigenvalue weighted by Gasteiger charge is -2.23. The Morgan fingerprint density at radius 1 is 1.23 bits per heavy atom. The number of amides is 2. The smallest absolute Gasteiger partial charge is 0.320 e. The molecule has 0 aliphatic carbocycles. The molecule has 1 atom stereocenters. The summed E-state index contributed by atoms with van der Waals surface area (Å²) < 4.78 is 6.80. The fourth-order valence-electron chi connectivity index (χ4n) is 2.22. The van der Waals surface area contributed by atoms with Crippen molar-refractivity contribution < 1.29 is 9.53 Å². The number of hydrogen-bond acceptors (Lipinski definition) is 3. The maximum Gasteiger partial charge on any atom is 0.320 e. The number of urea groups is 1. The summed E-state index contributed by atoms with van der Waals surface area (Å²) >= 11 is 0. The number of aryl methyl sites for hydroxylation is 1. The SMILES string of the molecule is COc1ccc([C@@H](NC(=O)Nc2ccn(C)n2)C(C)C)cc1. The molecular weight excluding hydrogens is 280 g/mol. The van der Waals surface area contributed by atoms with E-state index in [9.17, 15) is 4.79 Å². The molecule has 0 fully saturated rings. The first-order valence-electron chi connectivity index (χ1n) is 7.20. The Morgan fingerprint density at radius 2 is 1.91 bits per heavy atom. The van der Waals surface area contributed by atoms with Gasteiger partial charge in [-0.25, -0.2) is 4.79 Å². The fraction of sp³-hybridized carbons (Fsp3) is 0.375.